The molecule has 0 saturated heterocycles. The summed E-state index contributed by atoms with van der Waals surface area (Å²) in [6.07, 6.45) is 2.00. The number of aryl methyl sites for hydroxylation is 1. The number of amides is 1. The Bertz CT molecular complexity index is 861. The van der Waals surface area contributed by atoms with Crippen molar-refractivity contribution < 1.29 is 4.79 Å². The summed E-state index contributed by atoms with van der Waals surface area (Å²) in [5, 5.41) is 6.10. The molecule has 0 atom stereocenters. The average Bonchev–Trinajstić information content (AvgIpc) is 2.61. The Hall–Kier alpha value is -2.66. The number of nitrogens with one attached hydrogen (secondary N) is 2. The van der Waals surface area contributed by atoms with Gasteiger partial charge in [-0.15, -0.1) is 0 Å². The van der Waals surface area contributed by atoms with Crippen LogP contribution in [0.3, 0.4) is 0 Å². The van der Waals surface area contributed by atoms with E-state index >= 15 is 0 Å². The number of halogens is 1. The van der Waals surface area contributed by atoms with Crippen molar-refractivity contribution in [2.45, 2.75) is 13.3 Å². The van der Waals surface area contributed by atoms with Crippen LogP contribution >= 0.6 is 15.9 Å². The van der Waals surface area contributed by atoms with Crippen molar-refractivity contribution in [2.24, 2.45) is 0 Å². The minimum absolute atomic E-state index is 0.0512. The second kappa shape index (κ2) is 7.94. The van der Waals surface area contributed by atoms with Gasteiger partial charge < -0.3 is 10.6 Å². The molecule has 0 fully saturated rings. The maximum absolute atomic E-state index is 12.2. The van der Waals surface area contributed by atoms with Crippen molar-refractivity contribution in [1.29, 1.82) is 0 Å². The lowest BCUT2D eigenvalue weighted by Gasteiger charge is -2.09. The van der Waals surface area contributed by atoms with Crippen LogP contribution in [0, 0.1) is 6.92 Å². The van der Waals surface area contributed by atoms with Crippen molar-refractivity contribution in [2.75, 3.05) is 10.6 Å². The summed E-state index contributed by atoms with van der Waals surface area (Å²) >= 11 is 3.41. The quantitative estimate of drug-likeness (QED) is 0.633. The van der Waals surface area contributed by atoms with Crippen LogP contribution in [-0.2, 0) is 11.2 Å². The van der Waals surface area contributed by atoms with E-state index in [0.717, 1.165) is 27.1 Å². The van der Waals surface area contributed by atoms with Crippen molar-refractivity contribution in [3.8, 4) is 0 Å². The number of aromatic nitrogens is 1. The first kappa shape index (κ1) is 17.2. The monoisotopic (exact) mass is 395 g/mol. The Labute approximate surface area is 155 Å². The molecule has 5 heteroatoms. The number of nitrogens with zero attached hydrogens (tertiary/aromatic N) is 1. The third-order valence-corrected chi connectivity index (χ3v) is 4.30. The van der Waals surface area contributed by atoms with Gasteiger partial charge in [0.25, 0.3) is 0 Å². The molecule has 1 heterocycles. The van der Waals surface area contributed by atoms with Crippen molar-refractivity contribution in [3.05, 3.63) is 82.5 Å². The second-order valence-electron chi connectivity index (χ2n) is 5.72. The molecule has 0 saturated carbocycles. The first-order valence-electron chi connectivity index (χ1n) is 7.93. The van der Waals surface area contributed by atoms with E-state index in [0.29, 0.717) is 12.1 Å². The number of anilines is 3. The van der Waals surface area contributed by atoms with Crippen LogP contribution < -0.4 is 10.6 Å². The molecule has 3 aromatic rings. The molecule has 126 valence electrons. The molecule has 0 aliphatic heterocycles. The molecule has 0 spiro atoms. The fourth-order valence-corrected chi connectivity index (χ4v) is 2.67. The highest BCUT2D eigenvalue weighted by atomic mass is 79.9. The largest absolute Gasteiger partial charge is 0.340 e. The number of hydrogen-bond donors (Lipinski definition) is 2. The van der Waals surface area contributed by atoms with Gasteiger partial charge in [0.2, 0.25) is 5.91 Å². The lowest BCUT2D eigenvalue weighted by molar-refractivity contribution is -0.115. The topological polar surface area (TPSA) is 54.0 Å². The van der Waals surface area contributed by atoms with Gasteiger partial charge in [-0.05, 0) is 54.4 Å². The van der Waals surface area contributed by atoms with E-state index < -0.39 is 0 Å². The Kier molecular flexibility index (Phi) is 5.46. The van der Waals surface area contributed by atoms with Gasteiger partial charge in [0, 0.05) is 10.2 Å². The highest BCUT2D eigenvalue weighted by Crippen LogP contribution is 2.19. The molecule has 0 aliphatic carbocycles. The minimum Gasteiger partial charge on any atom is -0.340 e. The summed E-state index contributed by atoms with van der Waals surface area (Å²) in [5.41, 5.74) is 3.78. The summed E-state index contributed by atoms with van der Waals surface area (Å²) in [6, 6.07) is 19.4. The Balaban J connectivity index is 1.59. The third-order valence-electron chi connectivity index (χ3n) is 3.78. The molecular weight excluding hydrogens is 378 g/mol. The van der Waals surface area contributed by atoms with Gasteiger partial charge in [-0.25, -0.2) is 4.98 Å². The van der Waals surface area contributed by atoms with Crippen LogP contribution in [0.1, 0.15) is 11.1 Å². The fraction of sp³-hybridized carbons (Fsp3) is 0.100. The predicted molar refractivity (Wildman–Crippen MR) is 105 cm³/mol. The number of carbonyl (C=O) groups is 1. The normalized spacial score (nSPS) is 10.3. The molecule has 2 aromatic carbocycles. The van der Waals surface area contributed by atoms with Crippen LogP contribution in [0.25, 0.3) is 0 Å². The molecule has 2 N–H and O–H groups in total. The van der Waals surface area contributed by atoms with Crippen LogP contribution in [0.15, 0.2) is 71.3 Å². The van der Waals surface area contributed by atoms with E-state index in [1.54, 1.807) is 6.20 Å². The van der Waals surface area contributed by atoms with Gasteiger partial charge >= 0.3 is 0 Å². The molecule has 1 aromatic heterocycles. The molecule has 0 radical (unpaired) electrons. The zero-order valence-electron chi connectivity index (χ0n) is 13.8. The summed E-state index contributed by atoms with van der Waals surface area (Å²) in [7, 11) is 0. The van der Waals surface area contributed by atoms with Gasteiger partial charge in [-0.1, -0.05) is 40.2 Å². The second-order valence-corrected chi connectivity index (χ2v) is 6.63. The first-order valence-corrected chi connectivity index (χ1v) is 8.72. The van der Waals surface area contributed by atoms with E-state index in [9.17, 15) is 4.79 Å². The summed E-state index contributed by atoms with van der Waals surface area (Å²) in [5.74, 6) is 0.670. The van der Waals surface area contributed by atoms with Crippen LogP contribution in [0.2, 0.25) is 0 Å². The number of rotatable bonds is 5. The molecule has 4 nitrogen and oxygen atoms in total. The number of hydrogen-bond acceptors (Lipinski definition) is 3. The SMILES string of the molecule is Cc1ccccc1CC(=O)Nc1ccc(Nc2ccc(Br)cc2)nc1. The number of pyridine rings is 1. The van der Waals surface area contributed by atoms with E-state index in [-0.39, 0.29) is 5.91 Å². The first-order chi connectivity index (χ1) is 12.1. The third kappa shape index (κ3) is 4.90. The zero-order chi connectivity index (χ0) is 17.6. The Morgan fingerprint density at radius 1 is 1.00 bits per heavy atom. The summed E-state index contributed by atoms with van der Waals surface area (Å²) in [6.45, 7) is 2.01. The van der Waals surface area contributed by atoms with E-state index in [1.807, 2.05) is 67.6 Å². The van der Waals surface area contributed by atoms with Crippen LogP contribution in [0.5, 0.6) is 0 Å². The van der Waals surface area contributed by atoms with Gasteiger partial charge in [0.05, 0.1) is 18.3 Å². The van der Waals surface area contributed by atoms with Crippen molar-refractivity contribution in [1.82, 2.24) is 4.98 Å². The predicted octanol–water partition coefficient (Wildman–Crippen LogP) is 5.08. The van der Waals surface area contributed by atoms with E-state index in [2.05, 4.69) is 31.5 Å². The molecule has 3 rings (SSSR count). The average molecular weight is 396 g/mol. The van der Waals surface area contributed by atoms with Crippen LogP contribution in [-0.4, -0.2) is 10.9 Å². The maximum Gasteiger partial charge on any atom is 0.228 e. The van der Waals surface area contributed by atoms with E-state index in [4.69, 9.17) is 0 Å². The van der Waals surface area contributed by atoms with Gasteiger partial charge in [0.15, 0.2) is 0 Å². The molecular formula is C20H18BrN3O. The molecule has 25 heavy (non-hydrogen) atoms. The van der Waals surface area contributed by atoms with E-state index in [1.165, 1.54) is 0 Å². The minimum atomic E-state index is -0.0512. The van der Waals surface area contributed by atoms with Gasteiger partial charge in [0.1, 0.15) is 5.82 Å². The fourth-order valence-electron chi connectivity index (χ4n) is 2.41. The zero-order valence-corrected chi connectivity index (χ0v) is 15.4. The summed E-state index contributed by atoms with van der Waals surface area (Å²) < 4.78 is 1.03. The standard InChI is InChI=1S/C20H18BrN3O/c1-14-4-2-3-5-15(14)12-20(25)24-18-10-11-19(22-13-18)23-17-8-6-16(21)7-9-17/h2-11,13H,12H2,1H3,(H,22,23)(H,24,25). The maximum atomic E-state index is 12.2. The summed E-state index contributed by atoms with van der Waals surface area (Å²) in [4.78, 5) is 16.5. The van der Waals surface area contributed by atoms with Crippen molar-refractivity contribution in [3.63, 3.8) is 0 Å². The Morgan fingerprint density at radius 2 is 1.72 bits per heavy atom. The van der Waals surface area contributed by atoms with Gasteiger partial charge in [-0.3, -0.25) is 4.79 Å². The van der Waals surface area contributed by atoms with Crippen LogP contribution in [0.4, 0.5) is 17.2 Å². The highest BCUT2D eigenvalue weighted by Gasteiger charge is 2.06. The number of carbonyl (C=O) groups excluding carboxylic acids is 1. The molecule has 1 amide bonds. The molecule has 0 bridgehead atoms. The lowest BCUT2D eigenvalue weighted by Crippen LogP contribution is -2.15. The molecule has 0 aliphatic rings. The molecule has 0 unspecified atom stereocenters. The number of benzene rings is 2. The highest BCUT2D eigenvalue weighted by molar-refractivity contribution is 9.10. The lowest BCUT2D eigenvalue weighted by atomic mass is 10.1. The smallest absolute Gasteiger partial charge is 0.228 e. The Morgan fingerprint density at radius 3 is 2.40 bits per heavy atom. The van der Waals surface area contributed by atoms with Gasteiger partial charge in [-0.2, -0.15) is 0 Å². The van der Waals surface area contributed by atoms with Crippen molar-refractivity contribution >= 4 is 39.0 Å².